The predicted octanol–water partition coefficient (Wildman–Crippen LogP) is 2.96. The van der Waals surface area contributed by atoms with E-state index in [-0.39, 0.29) is 39.6 Å². The van der Waals surface area contributed by atoms with E-state index in [9.17, 15) is 18.9 Å². The number of unbranched alkanes of at least 4 members (excludes halogenated alkanes) is 2. The van der Waals surface area contributed by atoms with Gasteiger partial charge in [-0.15, -0.1) is 0 Å². The van der Waals surface area contributed by atoms with Crippen molar-refractivity contribution in [3.63, 3.8) is 0 Å². The third-order valence-electron chi connectivity index (χ3n) is 4.10. The van der Waals surface area contributed by atoms with Gasteiger partial charge in [-0.2, -0.15) is 0 Å². The molecule has 0 saturated carbocycles. The minimum absolute atomic E-state index is 0.0477. The second-order valence-electron chi connectivity index (χ2n) is 6.73. The van der Waals surface area contributed by atoms with E-state index in [4.69, 9.17) is 29.0 Å². The molecule has 0 aliphatic carbocycles. The molecule has 0 bridgehead atoms. The Morgan fingerprint density at radius 2 is 1.29 bits per heavy atom. The smallest absolute Gasteiger partial charge is 0.480 e. The maximum absolute atomic E-state index is 13.1. The van der Waals surface area contributed by atoms with Crippen molar-refractivity contribution in [1.82, 2.24) is 9.99 Å². The van der Waals surface area contributed by atoms with Crippen LogP contribution >= 0.6 is 7.75 Å². The molecule has 0 aromatic carbocycles. The van der Waals surface area contributed by atoms with E-state index >= 15 is 0 Å². The second-order valence-corrected chi connectivity index (χ2v) is 8.46. The molecule has 1 unspecified atom stereocenters. The van der Waals surface area contributed by atoms with Crippen LogP contribution in [0.15, 0.2) is 0 Å². The number of nitrogens with zero attached hydrogens (tertiary/aromatic N) is 1. The van der Waals surface area contributed by atoms with Crippen molar-refractivity contribution in [2.24, 2.45) is 0 Å². The van der Waals surface area contributed by atoms with Crippen molar-refractivity contribution >= 4 is 32.0 Å². The summed E-state index contributed by atoms with van der Waals surface area (Å²) >= 11 is 0. The molecule has 0 heterocycles. The van der Waals surface area contributed by atoms with E-state index in [1.165, 1.54) is 14.0 Å². The average molecular weight is 513 g/mol. The van der Waals surface area contributed by atoms with Crippen molar-refractivity contribution < 1.29 is 52.1 Å². The number of carboxylic acid groups (broad SMARTS) is 1. The average Bonchev–Trinajstić information content (AvgIpc) is 2.77. The molecule has 0 aliphatic heterocycles. The summed E-state index contributed by atoms with van der Waals surface area (Å²) in [6.07, 6.45) is -0.0490. The molecule has 15 heteroatoms. The van der Waals surface area contributed by atoms with E-state index in [1.807, 2.05) is 0 Å². The zero-order valence-electron chi connectivity index (χ0n) is 20.1. The first-order valence-corrected chi connectivity index (χ1v) is 12.4. The standard InChI is InChI=1S/C19H36N3O11P/c1-5-28-18(25)30-11-7-9-13-32-34(27,21-17(20)22(4)15(3)16(23)24)33-14-10-8-12-31-19(26)29-6-2/h15H,5-14H2,1-4H3,(H,23,24)(H2,20,21,27). The van der Waals surface area contributed by atoms with Crippen LogP contribution in [0.5, 0.6) is 0 Å². The lowest BCUT2D eigenvalue weighted by molar-refractivity contribution is -0.140. The van der Waals surface area contributed by atoms with Crippen molar-refractivity contribution in [1.29, 1.82) is 5.41 Å². The van der Waals surface area contributed by atoms with Crippen LogP contribution in [0.1, 0.15) is 46.5 Å². The molecule has 0 fully saturated rings. The van der Waals surface area contributed by atoms with Gasteiger partial charge in [0, 0.05) is 7.05 Å². The summed E-state index contributed by atoms with van der Waals surface area (Å²) in [6, 6.07) is -1.06. The molecule has 0 amide bonds. The number of ether oxygens (including phenoxy) is 4. The highest BCUT2D eigenvalue weighted by Crippen LogP contribution is 2.44. The first kappa shape index (κ1) is 31.4. The number of likely N-dealkylation sites (N-methyl/N-ethyl adjacent to an activating group) is 1. The van der Waals surface area contributed by atoms with Crippen LogP contribution in [-0.4, -0.2) is 87.0 Å². The maximum Gasteiger partial charge on any atom is 0.508 e. The third-order valence-corrected chi connectivity index (χ3v) is 5.63. The number of carboxylic acids is 1. The molecule has 0 aromatic rings. The Hall–Kier alpha value is -2.57. The normalized spacial score (nSPS) is 11.8. The van der Waals surface area contributed by atoms with E-state index in [2.05, 4.69) is 14.6 Å². The Labute approximate surface area is 199 Å². The molecule has 198 valence electrons. The van der Waals surface area contributed by atoms with Crippen LogP contribution in [0.2, 0.25) is 0 Å². The lowest BCUT2D eigenvalue weighted by Gasteiger charge is -2.27. The summed E-state index contributed by atoms with van der Waals surface area (Å²) in [5, 5.41) is 19.4. The summed E-state index contributed by atoms with van der Waals surface area (Å²) in [6.45, 7) is 5.12. The van der Waals surface area contributed by atoms with Crippen molar-refractivity contribution in [3.8, 4) is 0 Å². The Morgan fingerprint density at radius 1 is 0.882 bits per heavy atom. The summed E-state index contributed by atoms with van der Waals surface area (Å²) in [7, 11) is -2.68. The lowest BCUT2D eigenvalue weighted by atomic mass is 10.3. The largest absolute Gasteiger partial charge is 0.508 e. The Morgan fingerprint density at radius 3 is 1.68 bits per heavy atom. The van der Waals surface area contributed by atoms with Gasteiger partial charge < -0.3 is 29.0 Å². The zero-order chi connectivity index (χ0) is 26.0. The van der Waals surface area contributed by atoms with Gasteiger partial charge in [0.2, 0.25) is 5.96 Å². The van der Waals surface area contributed by atoms with Gasteiger partial charge in [-0.1, -0.05) is 0 Å². The predicted molar refractivity (Wildman–Crippen MR) is 120 cm³/mol. The molecular weight excluding hydrogens is 477 g/mol. The number of hydrogen-bond acceptors (Lipinski definition) is 11. The van der Waals surface area contributed by atoms with E-state index < -0.39 is 38.0 Å². The van der Waals surface area contributed by atoms with Gasteiger partial charge in [0.05, 0.1) is 39.6 Å². The number of carbonyl (C=O) groups is 3. The molecule has 0 aromatic heterocycles. The molecule has 14 nitrogen and oxygen atoms in total. The Kier molecular flexibility index (Phi) is 16.5. The molecule has 3 N–H and O–H groups in total. The first-order chi connectivity index (χ1) is 16.1. The number of guanidine groups is 1. The highest BCUT2D eigenvalue weighted by molar-refractivity contribution is 7.52. The number of rotatable bonds is 17. The molecular formula is C19H36N3O11P. The topological polar surface area (TPSA) is 183 Å². The zero-order valence-corrected chi connectivity index (χ0v) is 21.0. The number of hydrogen-bond donors (Lipinski definition) is 3. The van der Waals surface area contributed by atoms with E-state index in [0.717, 1.165) is 4.90 Å². The fraction of sp³-hybridized carbons (Fsp3) is 0.789. The van der Waals surface area contributed by atoms with Crippen LogP contribution in [0, 0.1) is 5.41 Å². The minimum Gasteiger partial charge on any atom is -0.480 e. The van der Waals surface area contributed by atoms with Crippen LogP contribution in [0.4, 0.5) is 9.59 Å². The fourth-order valence-electron chi connectivity index (χ4n) is 2.08. The third kappa shape index (κ3) is 14.6. The van der Waals surface area contributed by atoms with Gasteiger partial charge in [0.15, 0.2) is 0 Å². The van der Waals surface area contributed by atoms with Gasteiger partial charge >= 0.3 is 26.0 Å². The van der Waals surface area contributed by atoms with Crippen LogP contribution in [0.3, 0.4) is 0 Å². The summed E-state index contributed by atoms with van der Waals surface area (Å²) in [4.78, 5) is 34.5. The second kappa shape index (κ2) is 17.8. The Balaban J connectivity index is 4.68. The summed E-state index contributed by atoms with van der Waals surface area (Å²) in [5.74, 6) is -1.64. The fourth-order valence-corrected chi connectivity index (χ4v) is 3.44. The number of aliphatic carboxylic acids is 1. The van der Waals surface area contributed by atoms with E-state index in [1.54, 1.807) is 13.8 Å². The van der Waals surface area contributed by atoms with Crippen LogP contribution in [-0.2, 0) is 37.4 Å². The van der Waals surface area contributed by atoms with Crippen molar-refractivity contribution in [3.05, 3.63) is 0 Å². The van der Waals surface area contributed by atoms with Gasteiger partial charge in [-0.3, -0.25) is 19.5 Å². The van der Waals surface area contributed by atoms with Crippen LogP contribution in [0.25, 0.3) is 0 Å². The van der Waals surface area contributed by atoms with Gasteiger partial charge in [0.1, 0.15) is 6.04 Å². The van der Waals surface area contributed by atoms with Crippen molar-refractivity contribution in [2.45, 2.75) is 52.5 Å². The minimum atomic E-state index is -4.03. The highest BCUT2D eigenvalue weighted by atomic mass is 31.2. The van der Waals surface area contributed by atoms with Gasteiger partial charge in [0.25, 0.3) is 0 Å². The number of nitrogens with one attached hydrogen (secondary N) is 2. The molecule has 1 atom stereocenters. The summed E-state index contributed by atoms with van der Waals surface area (Å²) in [5.41, 5.74) is 0. The van der Waals surface area contributed by atoms with Gasteiger partial charge in [-0.05, 0) is 46.5 Å². The summed E-state index contributed by atoms with van der Waals surface area (Å²) < 4.78 is 42.7. The van der Waals surface area contributed by atoms with Gasteiger partial charge in [-0.25, -0.2) is 18.9 Å². The monoisotopic (exact) mass is 513 g/mol. The molecule has 0 aliphatic rings. The van der Waals surface area contributed by atoms with Crippen molar-refractivity contribution in [2.75, 3.05) is 46.7 Å². The maximum atomic E-state index is 13.1. The lowest BCUT2D eigenvalue weighted by Crippen LogP contribution is -2.45. The van der Waals surface area contributed by atoms with E-state index in [0.29, 0.717) is 25.7 Å². The molecule has 0 rings (SSSR count). The Bertz CT molecular complexity index is 658. The quantitative estimate of drug-likeness (QED) is 0.0849. The highest BCUT2D eigenvalue weighted by Gasteiger charge is 2.29. The molecule has 0 saturated heterocycles. The SMILES string of the molecule is CCOC(=O)OCCCCOP(=O)(NC(=N)N(C)C(C)C(=O)O)OCCCCOC(=O)OCC. The first-order valence-electron chi connectivity index (χ1n) is 10.9. The molecule has 0 radical (unpaired) electrons. The molecule has 0 spiro atoms. The number of carbonyl (C=O) groups excluding carboxylic acids is 2. The molecule has 34 heavy (non-hydrogen) atoms. The van der Waals surface area contributed by atoms with Crippen LogP contribution < -0.4 is 5.09 Å².